The van der Waals surface area contributed by atoms with Crippen LogP contribution in [0.2, 0.25) is 5.02 Å². The summed E-state index contributed by atoms with van der Waals surface area (Å²) in [6, 6.07) is 3.66. The van der Waals surface area contributed by atoms with Crippen LogP contribution in [0.5, 0.6) is 0 Å². The van der Waals surface area contributed by atoms with E-state index in [4.69, 9.17) is 11.6 Å². The summed E-state index contributed by atoms with van der Waals surface area (Å²) < 4.78 is 38.6. The summed E-state index contributed by atoms with van der Waals surface area (Å²) in [5, 5.41) is 5.57. The monoisotopic (exact) mass is 290 g/mol. The Labute approximate surface area is 110 Å². The van der Waals surface area contributed by atoms with Crippen LogP contribution in [0.3, 0.4) is 0 Å². The molecule has 0 aliphatic rings. The predicted molar refractivity (Wildman–Crippen MR) is 61.1 cm³/mol. The average Bonchev–Trinajstić information content (AvgIpc) is 2.74. The summed E-state index contributed by atoms with van der Waals surface area (Å²) in [6.45, 7) is 0. The maximum absolute atomic E-state index is 12.6. The van der Waals surface area contributed by atoms with Crippen molar-refractivity contribution in [1.82, 2.24) is 14.8 Å². The Morgan fingerprint density at radius 2 is 2.16 bits per heavy atom. The van der Waals surface area contributed by atoms with Crippen LogP contribution in [0.1, 0.15) is 5.69 Å². The number of amides is 1. The van der Waals surface area contributed by atoms with E-state index >= 15 is 0 Å². The maximum atomic E-state index is 12.6. The van der Waals surface area contributed by atoms with Crippen molar-refractivity contribution in [2.45, 2.75) is 6.18 Å². The van der Waals surface area contributed by atoms with Gasteiger partial charge in [-0.15, -0.1) is 0 Å². The first-order valence-corrected chi connectivity index (χ1v) is 5.29. The number of aromatic nitrogens is 3. The summed E-state index contributed by atoms with van der Waals surface area (Å²) >= 11 is 5.83. The average molecular weight is 291 g/mol. The van der Waals surface area contributed by atoms with Gasteiger partial charge in [-0.05, 0) is 12.1 Å². The molecule has 0 bridgehead atoms. The van der Waals surface area contributed by atoms with E-state index in [1.54, 1.807) is 0 Å². The van der Waals surface area contributed by atoms with Gasteiger partial charge in [0, 0.05) is 12.3 Å². The van der Waals surface area contributed by atoms with Crippen molar-refractivity contribution < 1.29 is 18.0 Å². The maximum Gasteiger partial charge on any atom is 0.435 e. The Morgan fingerprint density at radius 1 is 1.42 bits per heavy atom. The third-order valence-corrected chi connectivity index (χ3v) is 2.44. The van der Waals surface area contributed by atoms with Crippen molar-refractivity contribution in [3.05, 3.63) is 35.1 Å². The molecule has 1 amide bonds. The first-order valence-electron chi connectivity index (χ1n) is 4.92. The Morgan fingerprint density at radius 3 is 2.74 bits per heavy atom. The number of hydrogen-bond donors (Lipinski definition) is 1. The summed E-state index contributed by atoms with van der Waals surface area (Å²) in [5.74, 6) is -0.188. The third-order valence-electron chi connectivity index (χ3n) is 2.15. The van der Waals surface area contributed by atoms with E-state index in [9.17, 15) is 18.0 Å². The Kier molecular flexibility index (Phi) is 3.43. The zero-order chi connectivity index (χ0) is 14.0. The van der Waals surface area contributed by atoms with Gasteiger partial charge < -0.3 is 5.32 Å². The molecule has 0 aliphatic carbocycles. The second-order valence-electron chi connectivity index (χ2n) is 3.40. The molecule has 0 atom stereocenters. The number of rotatable bonds is 3. The van der Waals surface area contributed by atoms with Gasteiger partial charge in [0.05, 0.1) is 5.02 Å². The highest BCUT2D eigenvalue weighted by atomic mass is 35.5. The van der Waals surface area contributed by atoms with Gasteiger partial charge in [-0.1, -0.05) is 11.6 Å². The van der Waals surface area contributed by atoms with Crippen LogP contribution in [0.4, 0.5) is 19.0 Å². The molecule has 5 nitrogen and oxygen atoms in total. The molecule has 2 aromatic rings. The molecule has 0 fully saturated rings. The normalized spacial score (nSPS) is 11.4. The van der Waals surface area contributed by atoms with Crippen LogP contribution < -0.4 is 5.32 Å². The lowest BCUT2D eigenvalue weighted by Gasteiger charge is -2.06. The van der Waals surface area contributed by atoms with Crippen molar-refractivity contribution in [3.8, 4) is 5.82 Å². The Bertz CT molecular complexity index is 611. The zero-order valence-corrected chi connectivity index (χ0v) is 9.90. The van der Waals surface area contributed by atoms with E-state index in [2.05, 4.69) is 15.4 Å². The number of carbonyl (C=O) groups excluding carboxylic acids is 1. The minimum atomic E-state index is -4.63. The molecule has 9 heteroatoms. The molecule has 0 aromatic carbocycles. The van der Waals surface area contributed by atoms with Crippen LogP contribution in [-0.4, -0.2) is 21.2 Å². The number of carbonyl (C=O) groups is 1. The number of nitrogens with one attached hydrogen (secondary N) is 1. The molecule has 0 saturated heterocycles. The molecule has 0 spiro atoms. The van der Waals surface area contributed by atoms with Gasteiger partial charge in [0.1, 0.15) is 5.82 Å². The van der Waals surface area contributed by atoms with Crippen LogP contribution in [0, 0.1) is 0 Å². The molecule has 2 rings (SSSR count). The molecule has 0 saturated carbocycles. The van der Waals surface area contributed by atoms with Gasteiger partial charge in [-0.2, -0.15) is 23.0 Å². The fourth-order valence-corrected chi connectivity index (χ4v) is 1.58. The Hall–Kier alpha value is -2.09. The highest BCUT2D eigenvalue weighted by molar-refractivity contribution is 6.32. The first kappa shape index (κ1) is 13.3. The molecule has 2 aromatic heterocycles. The summed E-state index contributed by atoms with van der Waals surface area (Å²) in [5.41, 5.74) is -1.15. The molecule has 0 unspecified atom stereocenters. The lowest BCUT2D eigenvalue weighted by Crippen LogP contribution is -2.09. The molecule has 2 heterocycles. The van der Waals surface area contributed by atoms with Gasteiger partial charge >= 0.3 is 6.18 Å². The fourth-order valence-electron chi connectivity index (χ4n) is 1.38. The van der Waals surface area contributed by atoms with Crippen molar-refractivity contribution >= 4 is 23.8 Å². The van der Waals surface area contributed by atoms with Gasteiger partial charge in [-0.25, -0.2) is 4.98 Å². The molecule has 1 N–H and O–H groups in total. The van der Waals surface area contributed by atoms with Gasteiger partial charge in [-0.3, -0.25) is 4.79 Å². The van der Waals surface area contributed by atoms with Gasteiger partial charge in [0.2, 0.25) is 6.41 Å². The topological polar surface area (TPSA) is 59.8 Å². The van der Waals surface area contributed by atoms with Crippen molar-refractivity contribution in [2.24, 2.45) is 0 Å². The van der Waals surface area contributed by atoms with Crippen LogP contribution >= 0.6 is 11.6 Å². The number of nitrogens with zero attached hydrogens (tertiary/aromatic N) is 3. The summed E-state index contributed by atoms with van der Waals surface area (Å²) in [7, 11) is 0. The van der Waals surface area contributed by atoms with E-state index in [1.165, 1.54) is 18.3 Å². The smallest absolute Gasteiger partial charge is 0.313 e. The van der Waals surface area contributed by atoms with Crippen LogP contribution in [0.15, 0.2) is 24.4 Å². The number of alkyl halides is 3. The number of anilines is 1. The Balaban J connectivity index is 2.59. The second kappa shape index (κ2) is 4.88. The van der Waals surface area contributed by atoms with Crippen LogP contribution in [-0.2, 0) is 11.0 Å². The van der Waals surface area contributed by atoms with Crippen molar-refractivity contribution in [1.29, 1.82) is 0 Å². The summed E-state index contributed by atoms with van der Waals surface area (Å²) in [6.07, 6.45) is -3.04. The quantitative estimate of drug-likeness (QED) is 0.884. The number of halogens is 4. The minimum Gasteiger partial charge on any atom is -0.313 e. The number of hydrogen-bond acceptors (Lipinski definition) is 3. The standard InChI is InChI=1S/C10H6ClF3N4O/c11-6-2-1-3-15-9(6)18-8(16-5-19)4-7(17-18)10(12,13)14/h1-5H,(H,16,19). The molecule has 19 heavy (non-hydrogen) atoms. The van der Waals surface area contributed by atoms with Crippen molar-refractivity contribution in [2.75, 3.05) is 5.32 Å². The highest BCUT2D eigenvalue weighted by Crippen LogP contribution is 2.31. The second-order valence-corrected chi connectivity index (χ2v) is 3.80. The third kappa shape index (κ3) is 2.68. The van der Waals surface area contributed by atoms with Gasteiger partial charge in [0.15, 0.2) is 11.5 Å². The highest BCUT2D eigenvalue weighted by Gasteiger charge is 2.35. The first-order chi connectivity index (χ1) is 8.93. The van der Waals surface area contributed by atoms with Crippen molar-refractivity contribution in [3.63, 3.8) is 0 Å². The molecule has 100 valence electrons. The molecule has 0 aliphatic heterocycles. The predicted octanol–water partition coefficient (Wildman–Crippen LogP) is 2.51. The van der Waals surface area contributed by atoms with E-state index in [0.29, 0.717) is 6.07 Å². The van der Waals surface area contributed by atoms with E-state index < -0.39 is 11.9 Å². The van der Waals surface area contributed by atoms with E-state index in [1.807, 2.05) is 0 Å². The van der Waals surface area contributed by atoms with E-state index in [-0.39, 0.29) is 23.1 Å². The molecular formula is C10H6ClF3N4O. The van der Waals surface area contributed by atoms with Gasteiger partial charge in [0.25, 0.3) is 0 Å². The summed E-state index contributed by atoms with van der Waals surface area (Å²) in [4.78, 5) is 14.2. The minimum absolute atomic E-state index is 0.0102. The fraction of sp³-hybridized carbons (Fsp3) is 0.100. The number of pyridine rings is 1. The van der Waals surface area contributed by atoms with E-state index in [0.717, 1.165) is 4.68 Å². The SMILES string of the molecule is O=CNc1cc(C(F)(F)F)nn1-c1ncccc1Cl. The molecular weight excluding hydrogens is 285 g/mol. The molecule has 0 radical (unpaired) electrons. The van der Waals surface area contributed by atoms with Crippen LogP contribution in [0.25, 0.3) is 5.82 Å². The lowest BCUT2D eigenvalue weighted by atomic mass is 10.4. The lowest BCUT2D eigenvalue weighted by molar-refractivity contribution is -0.141. The zero-order valence-electron chi connectivity index (χ0n) is 9.15. The largest absolute Gasteiger partial charge is 0.435 e.